The van der Waals surface area contributed by atoms with E-state index in [9.17, 15) is 0 Å². The fourth-order valence-corrected chi connectivity index (χ4v) is 1.78. The minimum Gasteiger partial charge on any atom is -0.397 e. The molecule has 0 aliphatic carbocycles. The number of halogens is 1. The summed E-state index contributed by atoms with van der Waals surface area (Å²) in [4.78, 5) is 4.07. The monoisotopic (exact) mass is 218 g/mol. The second kappa shape index (κ2) is 5.32. The van der Waals surface area contributed by atoms with E-state index >= 15 is 0 Å². The molecule has 0 aliphatic heterocycles. The maximum atomic E-state index is 8.57. The van der Waals surface area contributed by atoms with Crippen LogP contribution >= 0.6 is 23.4 Å². The lowest BCUT2D eigenvalue weighted by Crippen LogP contribution is -1.93. The lowest BCUT2D eigenvalue weighted by Gasteiger charge is -2.03. The number of hydrogen-bond acceptors (Lipinski definition) is 4. The van der Waals surface area contributed by atoms with Crippen LogP contribution in [-0.4, -0.2) is 22.5 Å². The van der Waals surface area contributed by atoms with Gasteiger partial charge in [0.2, 0.25) is 0 Å². The standard InChI is InChI=1S/C8H11ClN2OS/c9-6-4-7(10)8(11-5-6)13-3-1-2-12/h4-5,12H,1-3,10H2. The van der Waals surface area contributed by atoms with Gasteiger partial charge in [0.25, 0.3) is 0 Å². The van der Waals surface area contributed by atoms with Gasteiger partial charge in [-0.05, 0) is 12.5 Å². The second-order valence-electron chi connectivity index (χ2n) is 2.47. The largest absolute Gasteiger partial charge is 0.397 e. The highest BCUT2D eigenvalue weighted by Gasteiger charge is 2.01. The third-order valence-electron chi connectivity index (χ3n) is 1.39. The van der Waals surface area contributed by atoms with Gasteiger partial charge in [0.05, 0.1) is 10.7 Å². The van der Waals surface area contributed by atoms with E-state index in [0.29, 0.717) is 10.7 Å². The summed E-state index contributed by atoms with van der Waals surface area (Å²) >= 11 is 7.21. The zero-order chi connectivity index (χ0) is 9.68. The summed E-state index contributed by atoms with van der Waals surface area (Å²) in [6.45, 7) is 0.195. The van der Waals surface area contributed by atoms with Crippen molar-refractivity contribution in [3.05, 3.63) is 17.3 Å². The molecule has 0 aliphatic rings. The Morgan fingerprint density at radius 2 is 2.38 bits per heavy atom. The normalized spacial score (nSPS) is 10.3. The van der Waals surface area contributed by atoms with E-state index in [-0.39, 0.29) is 6.61 Å². The Morgan fingerprint density at radius 1 is 1.62 bits per heavy atom. The molecule has 3 N–H and O–H groups in total. The van der Waals surface area contributed by atoms with Crippen LogP contribution in [0.1, 0.15) is 6.42 Å². The third kappa shape index (κ3) is 3.42. The molecule has 0 atom stereocenters. The number of pyridine rings is 1. The zero-order valence-corrected chi connectivity index (χ0v) is 8.61. The Labute approximate surface area is 86.3 Å². The van der Waals surface area contributed by atoms with Gasteiger partial charge in [0.15, 0.2) is 0 Å². The highest BCUT2D eigenvalue weighted by Crippen LogP contribution is 2.24. The van der Waals surface area contributed by atoms with Crippen molar-refractivity contribution in [2.75, 3.05) is 18.1 Å². The van der Waals surface area contributed by atoms with E-state index < -0.39 is 0 Å². The van der Waals surface area contributed by atoms with Gasteiger partial charge in [-0.3, -0.25) is 0 Å². The highest BCUT2D eigenvalue weighted by atomic mass is 35.5. The van der Waals surface area contributed by atoms with Gasteiger partial charge < -0.3 is 10.8 Å². The molecule has 0 saturated heterocycles. The van der Waals surface area contributed by atoms with Gasteiger partial charge in [0, 0.05) is 18.6 Å². The van der Waals surface area contributed by atoms with Crippen molar-refractivity contribution in [1.82, 2.24) is 4.98 Å². The molecule has 0 unspecified atom stereocenters. The number of nitrogens with two attached hydrogens (primary N) is 1. The van der Waals surface area contributed by atoms with Crippen LogP contribution in [0.4, 0.5) is 5.69 Å². The molecule has 1 aromatic rings. The van der Waals surface area contributed by atoms with Crippen LogP contribution in [0.15, 0.2) is 17.3 Å². The average Bonchev–Trinajstić information content (AvgIpc) is 2.09. The SMILES string of the molecule is Nc1cc(Cl)cnc1SCCCO. The zero-order valence-electron chi connectivity index (χ0n) is 7.03. The number of anilines is 1. The van der Waals surface area contributed by atoms with E-state index in [2.05, 4.69) is 4.98 Å². The number of rotatable bonds is 4. The topological polar surface area (TPSA) is 59.1 Å². The molecule has 1 aromatic heterocycles. The van der Waals surface area contributed by atoms with Crippen LogP contribution in [0.2, 0.25) is 5.02 Å². The van der Waals surface area contributed by atoms with Crippen LogP contribution in [-0.2, 0) is 0 Å². The van der Waals surface area contributed by atoms with Gasteiger partial charge in [0.1, 0.15) is 5.03 Å². The van der Waals surface area contributed by atoms with Crippen LogP contribution in [0.25, 0.3) is 0 Å². The summed E-state index contributed by atoms with van der Waals surface area (Å²) in [6.07, 6.45) is 2.31. The molecule has 0 radical (unpaired) electrons. The van der Waals surface area contributed by atoms with E-state index in [0.717, 1.165) is 17.2 Å². The van der Waals surface area contributed by atoms with Gasteiger partial charge in [-0.25, -0.2) is 4.98 Å². The molecule has 1 rings (SSSR count). The van der Waals surface area contributed by atoms with Crippen LogP contribution < -0.4 is 5.73 Å². The predicted octanol–water partition coefficient (Wildman–Crippen LogP) is 1.79. The first-order valence-electron chi connectivity index (χ1n) is 3.88. The lowest BCUT2D eigenvalue weighted by atomic mass is 10.4. The molecule has 0 amide bonds. The van der Waals surface area contributed by atoms with Gasteiger partial charge >= 0.3 is 0 Å². The predicted molar refractivity (Wildman–Crippen MR) is 56.1 cm³/mol. The molecular formula is C8H11ClN2OS. The summed E-state index contributed by atoms with van der Waals surface area (Å²) in [5.41, 5.74) is 6.27. The van der Waals surface area contributed by atoms with Gasteiger partial charge in [-0.2, -0.15) is 0 Å². The fraction of sp³-hybridized carbons (Fsp3) is 0.375. The van der Waals surface area contributed by atoms with Crippen LogP contribution in [0.3, 0.4) is 0 Å². The van der Waals surface area contributed by atoms with E-state index in [4.69, 9.17) is 22.4 Å². The first-order valence-corrected chi connectivity index (χ1v) is 5.25. The number of nitrogen functional groups attached to an aromatic ring is 1. The summed E-state index contributed by atoms with van der Waals surface area (Å²) in [5, 5.41) is 9.89. The van der Waals surface area contributed by atoms with Crippen molar-refractivity contribution >= 4 is 29.1 Å². The molecule has 1 heterocycles. The van der Waals surface area contributed by atoms with Gasteiger partial charge in [-0.15, -0.1) is 11.8 Å². The molecule has 5 heteroatoms. The quantitative estimate of drug-likeness (QED) is 0.598. The Hall–Kier alpha value is -0.450. The Morgan fingerprint density at radius 3 is 3.00 bits per heavy atom. The molecular weight excluding hydrogens is 208 g/mol. The Bertz CT molecular complexity index is 283. The van der Waals surface area contributed by atoms with E-state index in [1.54, 1.807) is 12.3 Å². The number of aliphatic hydroxyl groups is 1. The van der Waals surface area contributed by atoms with Gasteiger partial charge in [-0.1, -0.05) is 11.6 Å². The number of nitrogens with zero attached hydrogens (tertiary/aromatic N) is 1. The Kier molecular flexibility index (Phi) is 4.35. The maximum Gasteiger partial charge on any atom is 0.119 e. The number of hydrogen-bond donors (Lipinski definition) is 2. The summed E-state index contributed by atoms with van der Waals surface area (Å²) < 4.78 is 0. The Balaban J connectivity index is 2.56. The van der Waals surface area contributed by atoms with Crippen molar-refractivity contribution in [1.29, 1.82) is 0 Å². The number of aromatic nitrogens is 1. The summed E-state index contributed by atoms with van der Waals surface area (Å²) in [7, 11) is 0. The molecule has 0 fully saturated rings. The second-order valence-corrected chi connectivity index (χ2v) is 3.99. The van der Waals surface area contributed by atoms with E-state index in [1.807, 2.05) is 0 Å². The summed E-state index contributed by atoms with van der Waals surface area (Å²) in [5.74, 6) is 0.815. The van der Waals surface area contributed by atoms with Crippen molar-refractivity contribution in [3.8, 4) is 0 Å². The van der Waals surface area contributed by atoms with Crippen molar-refractivity contribution < 1.29 is 5.11 Å². The van der Waals surface area contributed by atoms with Crippen LogP contribution in [0.5, 0.6) is 0 Å². The molecule has 0 spiro atoms. The molecule has 0 bridgehead atoms. The van der Waals surface area contributed by atoms with Crippen LogP contribution in [0, 0.1) is 0 Å². The summed E-state index contributed by atoms with van der Waals surface area (Å²) in [6, 6.07) is 1.68. The van der Waals surface area contributed by atoms with Crippen molar-refractivity contribution in [3.63, 3.8) is 0 Å². The van der Waals surface area contributed by atoms with Crippen molar-refractivity contribution in [2.45, 2.75) is 11.4 Å². The smallest absolute Gasteiger partial charge is 0.119 e. The lowest BCUT2D eigenvalue weighted by molar-refractivity contribution is 0.296. The highest BCUT2D eigenvalue weighted by molar-refractivity contribution is 7.99. The molecule has 3 nitrogen and oxygen atoms in total. The van der Waals surface area contributed by atoms with Crippen molar-refractivity contribution in [2.24, 2.45) is 0 Å². The van der Waals surface area contributed by atoms with E-state index in [1.165, 1.54) is 11.8 Å². The minimum atomic E-state index is 0.195. The molecule has 0 saturated carbocycles. The number of aliphatic hydroxyl groups excluding tert-OH is 1. The third-order valence-corrected chi connectivity index (χ3v) is 2.70. The molecule has 72 valence electrons. The fourth-order valence-electron chi connectivity index (χ4n) is 0.796. The number of thioether (sulfide) groups is 1. The molecule has 13 heavy (non-hydrogen) atoms. The molecule has 0 aromatic carbocycles. The first-order chi connectivity index (χ1) is 6.24. The minimum absolute atomic E-state index is 0.195. The maximum absolute atomic E-state index is 8.57. The first kappa shape index (κ1) is 10.6. The average molecular weight is 219 g/mol.